The Hall–Kier alpha value is -2.51. The Bertz CT molecular complexity index is 941. The molecule has 1 N–H and O–H groups in total. The molecular formula is C19H20N4O2S. The van der Waals surface area contributed by atoms with E-state index in [2.05, 4.69) is 32.8 Å². The van der Waals surface area contributed by atoms with Crippen LogP contribution in [0.3, 0.4) is 0 Å². The molecule has 1 aliphatic rings. The van der Waals surface area contributed by atoms with Gasteiger partial charge < -0.3 is 15.0 Å². The average Bonchev–Trinajstić information content (AvgIpc) is 3.21. The zero-order valence-electron chi connectivity index (χ0n) is 14.7. The van der Waals surface area contributed by atoms with E-state index in [9.17, 15) is 4.79 Å². The van der Waals surface area contributed by atoms with Crippen LogP contribution < -0.4 is 5.32 Å². The van der Waals surface area contributed by atoms with Crippen molar-refractivity contribution in [2.45, 2.75) is 19.1 Å². The minimum absolute atomic E-state index is 0.0987. The number of thiophene rings is 1. The number of likely N-dealkylation sites (tertiary alicyclic amines) is 1. The van der Waals surface area contributed by atoms with Crippen molar-refractivity contribution in [3.63, 3.8) is 0 Å². The normalized spacial score (nSPS) is 17.2. The van der Waals surface area contributed by atoms with Crippen molar-refractivity contribution >= 4 is 33.3 Å². The first-order valence-electron chi connectivity index (χ1n) is 8.51. The van der Waals surface area contributed by atoms with Gasteiger partial charge in [0, 0.05) is 31.6 Å². The molecule has 0 aliphatic carbocycles. The molecule has 7 heteroatoms. The molecule has 3 aromatic rings. The number of amides is 1. The molecule has 1 unspecified atom stereocenters. The van der Waals surface area contributed by atoms with Crippen molar-refractivity contribution < 1.29 is 9.53 Å². The first kappa shape index (κ1) is 16.9. The zero-order chi connectivity index (χ0) is 18.1. The van der Waals surface area contributed by atoms with E-state index < -0.39 is 0 Å². The Labute approximate surface area is 155 Å². The summed E-state index contributed by atoms with van der Waals surface area (Å²) in [5.74, 6) is 1.42. The Balaban J connectivity index is 1.82. The van der Waals surface area contributed by atoms with Gasteiger partial charge in [0.15, 0.2) is 5.82 Å². The van der Waals surface area contributed by atoms with Gasteiger partial charge >= 0.3 is 0 Å². The number of ether oxygens (including phenoxy) is 1. The molecule has 0 saturated carbocycles. The van der Waals surface area contributed by atoms with Crippen LogP contribution in [-0.2, 0) is 16.1 Å². The van der Waals surface area contributed by atoms with Crippen LogP contribution in [0.15, 0.2) is 35.7 Å². The number of nitrogens with one attached hydrogen (secondary N) is 1. The molecule has 3 heterocycles. The Morgan fingerprint density at radius 2 is 2.12 bits per heavy atom. The molecule has 26 heavy (non-hydrogen) atoms. The summed E-state index contributed by atoms with van der Waals surface area (Å²) in [7, 11) is 3.45. The maximum atomic E-state index is 12.3. The fraction of sp³-hybridized carbons (Fsp3) is 0.316. The number of carbonyl (C=O) groups is 1. The lowest BCUT2D eigenvalue weighted by Crippen LogP contribution is -2.31. The minimum atomic E-state index is -0.253. The van der Waals surface area contributed by atoms with Crippen LogP contribution in [0.25, 0.3) is 21.3 Å². The van der Waals surface area contributed by atoms with E-state index in [4.69, 9.17) is 4.74 Å². The molecule has 1 aromatic carbocycles. The Morgan fingerprint density at radius 1 is 1.31 bits per heavy atom. The van der Waals surface area contributed by atoms with Gasteiger partial charge in [-0.05, 0) is 12.0 Å². The van der Waals surface area contributed by atoms with E-state index in [-0.39, 0.29) is 11.9 Å². The summed E-state index contributed by atoms with van der Waals surface area (Å²) in [5, 5.41) is 6.43. The van der Waals surface area contributed by atoms with Crippen molar-refractivity contribution in [2.24, 2.45) is 0 Å². The van der Waals surface area contributed by atoms with Gasteiger partial charge in [0.25, 0.3) is 0 Å². The number of hydrogen-bond acceptors (Lipinski definition) is 6. The second-order valence-corrected chi connectivity index (χ2v) is 7.22. The van der Waals surface area contributed by atoms with Crippen LogP contribution in [-0.4, -0.2) is 47.5 Å². The van der Waals surface area contributed by atoms with Gasteiger partial charge in [-0.3, -0.25) is 4.79 Å². The highest BCUT2D eigenvalue weighted by Gasteiger charge is 2.30. The monoisotopic (exact) mass is 368 g/mol. The Kier molecular flexibility index (Phi) is 4.57. The highest BCUT2D eigenvalue weighted by Crippen LogP contribution is 2.37. The molecule has 134 valence electrons. The van der Waals surface area contributed by atoms with Crippen LogP contribution in [0.5, 0.6) is 0 Å². The van der Waals surface area contributed by atoms with Gasteiger partial charge in [-0.2, -0.15) is 0 Å². The summed E-state index contributed by atoms with van der Waals surface area (Å²) < 4.78 is 5.21. The van der Waals surface area contributed by atoms with E-state index in [1.54, 1.807) is 23.3 Å². The highest BCUT2D eigenvalue weighted by atomic mass is 32.1. The number of nitrogens with zero attached hydrogens (tertiary/aromatic N) is 3. The number of fused-ring (bicyclic) bond motifs is 1. The third-order valence-electron chi connectivity index (χ3n) is 4.58. The van der Waals surface area contributed by atoms with Crippen molar-refractivity contribution in [3.8, 4) is 11.1 Å². The third-order valence-corrected chi connectivity index (χ3v) is 5.45. The number of aromatic nitrogens is 2. The minimum Gasteiger partial charge on any atom is -0.377 e. The number of carbonyl (C=O) groups excluding carboxylic acids is 1. The molecule has 1 aliphatic heterocycles. The highest BCUT2D eigenvalue weighted by molar-refractivity contribution is 7.17. The summed E-state index contributed by atoms with van der Waals surface area (Å²) in [6, 6.07) is 9.92. The molecule has 6 nitrogen and oxygen atoms in total. The van der Waals surface area contributed by atoms with Crippen molar-refractivity contribution in [3.05, 3.63) is 41.5 Å². The predicted molar refractivity (Wildman–Crippen MR) is 103 cm³/mol. The van der Waals surface area contributed by atoms with Crippen LogP contribution in [0.2, 0.25) is 0 Å². The number of likely N-dealkylation sites (N-methyl/N-ethyl adjacent to an activating group) is 1. The van der Waals surface area contributed by atoms with Gasteiger partial charge in [0.1, 0.15) is 23.3 Å². The largest absolute Gasteiger partial charge is 0.377 e. The number of methoxy groups -OCH3 is 1. The fourth-order valence-electron chi connectivity index (χ4n) is 3.24. The molecule has 1 saturated heterocycles. The van der Waals surface area contributed by atoms with Crippen LogP contribution in [0.1, 0.15) is 12.2 Å². The molecule has 1 fully saturated rings. The maximum Gasteiger partial charge on any atom is 0.244 e. The molecule has 0 radical (unpaired) electrons. The molecule has 2 aromatic heterocycles. The standard InChI is InChI=1S/C19H20N4O2S/c1-23-9-8-14(19(23)24)20-17-16-13(12-6-4-3-5-7-12)11-26-18(16)22-15(21-17)10-25-2/h3-7,11,14H,8-10H2,1-2H3,(H,20,21,22). The molecule has 0 bridgehead atoms. The van der Waals surface area contributed by atoms with Gasteiger partial charge in [-0.25, -0.2) is 9.97 Å². The lowest BCUT2D eigenvalue weighted by molar-refractivity contribution is -0.127. The number of hydrogen-bond donors (Lipinski definition) is 1. The zero-order valence-corrected chi connectivity index (χ0v) is 15.5. The van der Waals surface area contributed by atoms with Gasteiger partial charge in [-0.15, -0.1) is 11.3 Å². The number of benzene rings is 1. The quantitative estimate of drug-likeness (QED) is 0.749. The summed E-state index contributed by atoms with van der Waals surface area (Å²) in [4.78, 5) is 24.3. The smallest absolute Gasteiger partial charge is 0.244 e. The summed E-state index contributed by atoms with van der Waals surface area (Å²) >= 11 is 1.58. The van der Waals surface area contributed by atoms with E-state index in [0.717, 1.165) is 34.3 Å². The maximum absolute atomic E-state index is 12.3. The Morgan fingerprint density at radius 3 is 2.81 bits per heavy atom. The second kappa shape index (κ2) is 7.01. The van der Waals surface area contributed by atoms with Crippen LogP contribution in [0.4, 0.5) is 5.82 Å². The van der Waals surface area contributed by atoms with Gasteiger partial charge in [0.2, 0.25) is 5.91 Å². The average molecular weight is 368 g/mol. The second-order valence-electron chi connectivity index (χ2n) is 6.36. The van der Waals surface area contributed by atoms with Crippen molar-refractivity contribution in [2.75, 3.05) is 26.0 Å². The topological polar surface area (TPSA) is 67.3 Å². The first-order chi connectivity index (χ1) is 12.7. The van der Waals surface area contributed by atoms with E-state index in [1.807, 2.05) is 25.2 Å². The lowest BCUT2D eigenvalue weighted by atomic mass is 10.1. The summed E-state index contributed by atoms with van der Waals surface area (Å²) in [6.45, 7) is 1.09. The molecule has 4 rings (SSSR count). The SMILES string of the molecule is COCc1nc(NC2CCN(C)C2=O)c2c(-c3ccccc3)csc2n1. The predicted octanol–water partition coefficient (Wildman–Crippen LogP) is 3.15. The third kappa shape index (κ3) is 3.04. The summed E-state index contributed by atoms with van der Waals surface area (Å²) in [6.07, 6.45) is 0.769. The van der Waals surface area contributed by atoms with Crippen LogP contribution >= 0.6 is 11.3 Å². The lowest BCUT2D eigenvalue weighted by Gasteiger charge is -2.15. The first-order valence-corrected chi connectivity index (χ1v) is 9.39. The van der Waals surface area contributed by atoms with E-state index in [1.165, 1.54) is 0 Å². The molecule has 0 spiro atoms. The number of rotatable bonds is 5. The van der Waals surface area contributed by atoms with E-state index >= 15 is 0 Å². The molecule has 1 amide bonds. The van der Waals surface area contributed by atoms with Gasteiger partial charge in [-0.1, -0.05) is 30.3 Å². The number of anilines is 1. The molecular weight excluding hydrogens is 348 g/mol. The summed E-state index contributed by atoms with van der Waals surface area (Å²) in [5.41, 5.74) is 2.19. The van der Waals surface area contributed by atoms with E-state index in [0.29, 0.717) is 18.2 Å². The van der Waals surface area contributed by atoms with Gasteiger partial charge in [0.05, 0.1) is 5.39 Å². The van der Waals surface area contributed by atoms with Crippen molar-refractivity contribution in [1.82, 2.24) is 14.9 Å². The fourth-order valence-corrected chi connectivity index (χ4v) is 4.20. The van der Waals surface area contributed by atoms with Crippen LogP contribution in [0, 0.1) is 0 Å². The van der Waals surface area contributed by atoms with Crippen molar-refractivity contribution in [1.29, 1.82) is 0 Å². The molecule has 1 atom stereocenters.